The molecule has 0 radical (unpaired) electrons. The molecule has 5 heteroatoms. The molecular formula is C30H44N2O3. The van der Waals surface area contributed by atoms with E-state index in [4.69, 9.17) is 9.47 Å². The van der Waals surface area contributed by atoms with Crippen LogP contribution in [0.25, 0.3) is 11.4 Å². The van der Waals surface area contributed by atoms with E-state index in [1.54, 1.807) is 12.4 Å². The van der Waals surface area contributed by atoms with Crippen molar-refractivity contribution in [3.05, 3.63) is 36.7 Å². The fourth-order valence-electron chi connectivity index (χ4n) is 4.90. The number of carbonyl (C=O) groups is 1. The molecule has 0 N–H and O–H groups in total. The van der Waals surface area contributed by atoms with Crippen LogP contribution >= 0.6 is 0 Å². The highest BCUT2D eigenvalue weighted by Crippen LogP contribution is 2.34. The second-order valence-electron chi connectivity index (χ2n) is 9.99. The first kappa shape index (κ1) is 27.2. The van der Waals surface area contributed by atoms with Gasteiger partial charge in [0.25, 0.3) is 0 Å². The van der Waals surface area contributed by atoms with Gasteiger partial charge in [0, 0.05) is 0 Å². The average molecular weight is 481 g/mol. The highest BCUT2D eigenvalue weighted by molar-refractivity contribution is 5.78. The summed E-state index contributed by atoms with van der Waals surface area (Å²) in [5, 5.41) is 0. The number of carbonyl (C=O) groups excluding carboxylic acids is 1. The average Bonchev–Trinajstić information content (AvgIpc) is 2.89. The van der Waals surface area contributed by atoms with E-state index in [1.807, 2.05) is 24.3 Å². The second-order valence-corrected chi connectivity index (χ2v) is 9.99. The summed E-state index contributed by atoms with van der Waals surface area (Å²) in [6, 6.07) is 7.53. The van der Waals surface area contributed by atoms with Crippen LogP contribution in [0.3, 0.4) is 0 Å². The smallest absolute Gasteiger partial charge is 0.314 e. The number of esters is 1. The molecule has 0 amide bonds. The summed E-state index contributed by atoms with van der Waals surface area (Å²) in [5.41, 5.74) is 0.733. The first-order chi connectivity index (χ1) is 17.2. The van der Waals surface area contributed by atoms with Crippen molar-refractivity contribution in [1.82, 2.24) is 9.97 Å². The SMILES string of the molecule is CCCCCCCCOc1cnc(-c2ccccc2OC(=O)C2CCC(CCCCC)CC2)nc1. The molecule has 1 fully saturated rings. The molecule has 0 atom stereocenters. The zero-order chi connectivity index (χ0) is 24.7. The largest absolute Gasteiger partial charge is 0.490 e. The molecule has 5 nitrogen and oxygen atoms in total. The van der Waals surface area contributed by atoms with E-state index in [-0.39, 0.29) is 11.9 Å². The van der Waals surface area contributed by atoms with Gasteiger partial charge in [-0.2, -0.15) is 0 Å². The zero-order valence-corrected chi connectivity index (χ0v) is 21.8. The van der Waals surface area contributed by atoms with Crippen LogP contribution in [-0.2, 0) is 4.79 Å². The monoisotopic (exact) mass is 480 g/mol. The third-order valence-electron chi connectivity index (χ3n) is 7.13. The van der Waals surface area contributed by atoms with E-state index in [9.17, 15) is 4.79 Å². The fourth-order valence-corrected chi connectivity index (χ4v) is 4.90. The number of nitrogens with zero attached hydrogens (tertiary/aromatic N) is 2. The van der Waals surface area contributed by atoms with Crippen LogP contribution in [0.2, 0.25) is 0 Å². The Labute approximate surface area is 212 Å². The summed E-state index contributed by atoms with van der Waals surface area (Å²) in [7, 11) is 0. The molecule has 192 valence electrons. The zero-order valence-electron chi connectivity index (χ0n) is 21.8. The first-order valence-corrected chi connectivity index (χ1v) is 14.0. The van der Waals surface area contributed by atoms with Crippen molar-refractivity contribution in [1.29, 1.82) is 0 Å². The molecule has 1 heterocycles. The van der Waals surface area contributed by atoms with Gasteiger partial charge in [-0.1, -0.05) is 83.8 Å². The third-order valence-corrected chi connectivity index (χ3v) is 7.13. The van der Waals surface area contributed by atoms with Gasteiger partial charge in [-0.15, -0.1) is 0 Å². The van der Waals surface area contributed by atoms with Crippen LogP contribution in [0.5, 0.6) is 11.5 Å². The molecule has 0 spiro atoms. The molecule has 1 saturated carbocycles. The Morgan fingerprint density at radius 2 is 1.51 bits per heavy atom. The maximum Gasteiger partial charge on any atom is 0.314 e. The molecular weight excluding hydrogens is 436 g/mol. The Morgan fingerprint density at radius 3 is 2.26 bits per heavy atom. The summed E-state index contributed by atoms with van der Waals surface area (Å²) < 4.78 is 11.7. The molecule has 1 aliphatic rings. The number of unbranched alkanes of at least 4 members (excludes halogenated alkanes) is 7. The van der Waals surface area contributed by atoms with Crippen LogP contribution in [0.4, 0.5) is 0 Å². The van der Waals surface area contributed by atoms with Gasteiger partial charge < -0.3 is 9.47 Å². The minimum atomic E-state index is -0.122. The van der Waals surface area contributed by atoms with Gasteiger partial charge in [0.05, 0.1) is 30.5 Å². The van der Waals surface area contributed by atoms with Gasteiger partial charge in [-0.3, -0.25) is 4.79 Å². The molecule has 35 heavy (non-hydrogen) atoms. The lowest BCUT2D eigenvalue weighted by Gasteiger charge is -2.27. The quantitative estimate of drug-likeness (QED) is 0.146. The van der Waals surface area contributed by atoms with Crippen molar-refractivity contribution in [3.63, 3.8) is 0 Å². The number of benzene rings is 1. The molecule has 1 aliphatic carbocycles. The van der Waals surface area contributed by atoms with Crippen molar-refractivity contribution in [2.75, 3.05) is 6.61 Å². The molecule has 1 aromatic carbocycles. The van der Waals surface area contributed by atoms with Crippen LogP contribution in [0, 0.1) is 11.8 Å². The first-order valence-electron chi connectivity index (χ1n) is 14.0. The molecule has 3 rings (SSSR count). The predicted octanol–water partition coefficient (Wildman–Crippen LogP) is 8.18. The lowest BCUT2D eigenvalue weighted by Crippen LogP contribution is -2.26. The molecule has 0 unspecified atom stereocenters. The Bertz CT molecular complexity index is 860. The predicted molar refractivity (Wildman–Crippen MR) is 142 cm³/mol. The number of rotatable bonds is 15. The van der Waals surface area contributed by atoms with E-state index >= 15 is 0 Å². The normalized spacial score (nSPS) is 17.8. The second kappa shape index (κ2) is 15.5. The summed E-state index contributed by atoms with van der Waals surface area (Å²) in [6.45, 7) is 5.16. The van der Waals surface area contributed by atoms with E-state index < -0.39 is 0 Å². The lowest BCUT2D eigenvalue weighted by molar-refractivity contribution is -0.140. The van der Waals surface area contributed by atoms with Crippen LogP contribution in [0.15, 0.2) is 36.7 Å². The van der Waals surface area contributed by atoms with E-state index in [1.165, 1.54) is 57.8 Å². The number of ether oxygens (including phenoxy) is 2. The Kier molecular flexibility index (Phi) is 12.1. The Hall–Kier alpha value is -2.43. The Morgan fingerprint density at radius 1 is 0.857 bits per heavy atom. The number of hydrogen-bond donors (Lipinski definition) is 0. The van der Waals surface area contributed by atoms with Crippen molar-refractivity contribution in [3.8, 4) is 22.9 Å². The van der Waals surface area contributed by atoms with Crippen LogP contribution in [-0.4, -0.2) is 22.5 Å². The van der Waals surface area contributed by atoms with Gasteiger partial charge in [0.2, 0.25) is 0 Å². The summed E-state index contributed by atoms with van der Waals surface area (Å²) in [5.74, 6) is 2.39. The lowest BCUT2D eigenvalue weighted by atomic mass is 9.80. The van der Waals surface area contributed by atoms with Gasteiger partial charge in [0.15, 0.2) is 11.6 Å². The molecule has 1 aromatic heterocycles. The molecule has 0 saturated heterocycles. The van der Waals surface area contributed by atoms with Crippen molar-refractivity contribution in [2.24, 2.45) is 11.8 Å². The highest BCUT2D eigenvalue weighted by atomic mass is 16.5. The van der Waals surface area contributed by atoms with E-state index in [2.05, 4.69) is 23.8 Å². The van der Waals surface area contributed by atoms with Crippen LogP contribution in [0.1, 0.15) is 104 Å². The molecule has 0 bridgehead atoms. The van der Waals surface area contributed by atoms with Gasteiger partial charge in [-0.05, 0) is 50.2 Å². The maximum absolute atomic E-state index is 12.9. The minimum absolute atomic E-state index is 0.0100. The Balaban J connectivity index is 1.48. The topological polar surface area (TPSA) is 61.3 Å². The highest BCUT2D eigenvalue weighted by Gasteiger charge is 2.28. The molecule has 2 aromatic rings. The van der Waals surface area contributed by atoms with Gasteiger partial charge >= 0.3 is 5.97 Å². The van der Waals surface area contributed by atoms with Gasteiger partial charge in [-0.25, -0.2) is 9.97 Å². The summed E-state index contributed by atoms with van der Waals surface area (Å²) >= 11 is 0. The van der Waals surface area contributed by atoms with Gasteiger partial charge in [0.1, 0.15) is 5.75 Å². The fraction of sp³-hybridized carbons (Fsp3) is 0.633. The van der Waals surface area contributed by atoms with Crippen LogP contribution < -0.4 is 9.47 Å². The van der Waals surface area contributed by atoms with Crippen molar-refractivity contribution in [2.45, 2.75) is 104 Å². The number of para-hydroxylation sites is 1. The third kappa shape index (κ3) is 9.27. The van der Waals surface area contributed by atoms with Crippen molar-refractivity contribution < 1.29 is 14.3 Å². The van der Waals surface area contributed by atoms with E-state index in [0.29, 0.717) is 23.9 Å². The summed E-state index contributed by atoms with van der Waals surface area (Å²) in [4.78, 5) is 21.9. The van der Waals surface area contributed by atoms with E-state index in [0.717, 1.165) is 43.6 Å². The maximum atomic E-state index is 12.9. The van der Waals surface area contributed by atoms with Crippen molar-refractivity contribution >= 4 is 5.97 Å². The standard InChI is InChI=1S/C30H44N2O3/c1-3-5-7-8-9-13-21-34-26-22-31-29(32-23-26)27-15-11-12-16-28(27)35-30(33)25-19-17-24(18-20-25)14-10-6-4-2/h11-12,15-16,22-25H,3-10,13-14,17-21H2,1-2H3. The minimum Gasteiger partial charge on any atom is -0.490 e. The summed E-state index contributed by atoms with van der Waals surface area (Å²) in [6.07, 6.45) is 20.1. The number of aromatic nitrogens is 2. The number of hydrogen-bond acceptors (Lipinski definition) is 5. The molecule has 0 aliphatic heterocycles.